The van der Waals surface area contributed by atoms with E-state index < -0.39 is 17.7 Å². The van der Waals surface area contributed by atoms with Crippen molar-refractivity contribution in [3.63, 3.8) is 0 Å². The summed E-state index contributed by atoms with van der Waals surface area (Å²) >= 11 is 0. The third-order valence-electron chi connectivity index (χ3n) is 3.66. The van der Waals surface area contributed by atoms with Gasteiger partial charge in [-0.15, -0.1) is 6.58 Å². The lowest BCUT2D eigenvalue weighted by Crippen LogP contribution is -2.45. The number of hydrogen-bond donors (Lipinski definition) is 1. The molecule has 2 aromatic carbocycles. The molecular formula is C19H20F2N2O2. The lowest BCUT2D eigenvalue weighted by Gasteiger charge is -2.25. The summed E-state index contributed by atoms with van der Waals surface area (Å²) in [7, 11) is 1.55. The van der Waals surface area contributed by atoms with Gasteiger partial charge in [-0.2, -0.15) is 0 Å². The van der Waals surface area contributed by atoms with Gasteiger partial charge in [-0.3, -0.25) is 4.79 Å². The smallest absolute Gasteiger partial charge is 0.244 e. The van der Waals surface area contributed by atoms with Crippen molar-refractivity contribution >= 4 is 11.6 Å². The second-order valence-corrected chi connectivity index (χ2v) is 5.52. The fourth-order valence-corrected chi connectivity index (χ4v) is 2.48. The molecule has 2 rings (SSSR count). The SMILES string of the molecule is C=CCN(C(=O)[C@@H](N)Cc1cc(F)cc(F)c1)c1ccc(OC)cc1. The van der Waals surface area contributed by atoms with Gasteiger partial charge < -0.3 is 15.4 Å². The molecule has 0 heterocycles. The normalized spacial score (nSPS) is 11.7. The molecule has 0 radical (unpaired) electrons. The van der Waals surface area contributed by atoms with Crippen molar-refractivity contribution in [2.45, 2.75) is 12.5 Å². The molecule has 0 fully saturated rings. The van der Waals surface area contributed by atoms with Gasteiger partial charge in [0.2, 0.25) is 5.91 Å². The number of nitrogens with zero attached hydrogens (tertiary/aromatic N) is 1. The van der Waals surface area contributed by atoms with Crippen LogP contribution in [0.4, 0.5) is 14.5 Å². The summed E-state index contributed by atoms with van der Waals surface area (Å²) in [6, 6.07) is 9.09. The largest absolute Gasteiger partial charge is 0.497 e. The van der Waals surface area contributed by atoms with E-state index in [0.717, 1.165) is 6.07 Å². The maximum atomic E-state index is 13.3. The van der Waals surface area contributed by atoms with Crippen LogP contribution in [0.25, 0.3) is 0 Å². The van der Waals surface area contributed by atoms with Gasteiger partial charge in [0.1, 0.15) is 17.4 Å². The summed E-state index contributed by atoms with van der Waals surface area (Å²) in [5.41, 5.74) is 6.94. The van der Waals surface area contributed by atoms with Crippen molar-refractivity contribution in [1.82, 2.24) is 0 Å². The Morgan fingerprint density at radius 1 is 1.24 bits per heavy atom. The second-order valence-electron chi connectivity index (χ2n) is 5.52. The average Bonchev–Trinajstić information content (AvgIpc) is 2.58. The Labute approximate surface area is 145 Å². The van der Waals surface area contributed by atoms with E-state index in [4.69, 9.17) is 10.5 Å². The maximum Gasteiger partial charge on any atom is 0.244 e. The summed E-state index contributed by atoms with van der Waals surface area (Å²) in [5, 5.41) is 0. The van der Waals surface area contributed by atoms with E-state index in [1.54, 1.807) is 37.5 Å². The van der Waals surface area contributed by atoms with E-state index in [-0.39, 0.29) is 18.9 Å². The van der Waals surface area contributed by atoms with Crippen LogP contribution >= 0.6 is 0 Å². The van der Waals surface area contributed by atoms with Crippen molar-refractivity contribution in [2.24, 2.45) is 5.73 Å². The highest BCUT2D eigenvalue weighted by Gasteiger charge is 2.22. The second kappa shape index (κ2) is 8.39. The zero-order valence-electron chi connectivity index (χ0n) is 13.9. The van der Waals surface area contributed by atoms with E-state index in [0.29, 0.717) is 17.0 Å². The third kappa shape index (κ3) is 4.87. The van der Waals surface area contributed by atoms with Crippen LogP contribution in [0.2, 0.25) is 0 Å². The Balaban J connectivity index is 2.18. The van der Waals surface area contributed by atoms with Gasteiger partial charge in [0, 0.05) is 18.3 Å². The molecule has 25 heavy (non-hydrogen) atoms. The molecular weight excluding hydrogens is 326 g/mol. The van der Waals surface area contributed by atoms with E-state index in [2.05, 4.69) is 6.58 Å². The number of hydrogen-bond acceptors (Lipinski definition) is 3. The van der Waals surface area contributed by atoms with Crippen LogP contribution in [0.3, 0.4) is 0 Å². The summed E-state index contributed by atoms with van der Waals surface area (Å²) in [5.74, 6) is -1.11. The van der Waals surface area contributed by atoms with E-state index in [1.165, 1.54) is 17.0 Å². The first-order valence-corrected chi connectivity index (χ1v) is 7.71. The fourth-order valence-electron chi connectivity index (χ4n) is 2.48. The maximum absolute atomic E-state index is 13.3. The average molecular weight is 346 g/mol. The summed E-state index contributed by atoms with van der Waals surface area (Å²) < 4.78 is 31.7. The number of rotatable bonds is 7. The van der Waals surface area contributed by atoms with Crippen molar-refractivity contribution < 1.29 is 18.3 Å². The van der Waals surface area contributed by atoms with Gasteiger partial charge >= 0.3 is 0 Å². The first-order chi connectivity index (χ1) is 11.9. The Morgan fingerprint density at radius 2 is 1.84 bits per heavy atom. The number of benzene rings is 2. The standard InChI is InChI=1S/C19H20F2N2O2/c1-3-8-23(16-4-6-17(25-2)7-5-16)19(24)18(22)11-13-9-14(20)12-15(21)10-13/h3-7,9-10,12,18H,1,8,11,22H2,2H3/t18-/m0/s1. The molecule has 2 N–H and O–H groups in total. The summed E-state index contributed by atoms with van der Waals surface area (Å²) in [4.78, 5) is 14.2. The molecule has 0 aromatic heterocycles. The zero-order chi connectivity index (χ0) is 18.4. The highest BCUT2D eigenvalue weighted by atomic mass is 19.1. The van der Waals surface area contributed by atoms with Crippen molar-refractivity contribution in [2.75, 3.05) is 18.6 Å². The number of ether oxygens (including phenoxy) is 1. The van der Waals surface area contributed by atoms with Gasteiger partial charge in [0.15, 0.2) is 0 Å². The number of methoxy groups -OCH3 is 1. The molecule has 1 amide bonds. The molecule has 0 aliphatic heterocycles. The number of halogens is 2. The number of carbonyl (C=O) groups excluding carboxylic acids is 1. The number of nitrogens with two attached hydrogens (primary N) is 1. The number of carbonyl (C=O) groups is 1. The molecule has 0 aliphatic carbocycles. The van der Waals surface area contributed by atoms with Crippen molar-refractivity contribution in [1.29, 1.82) is 0 Å². The fraction of sp³-hybridized carbons (Fsp3) is 0.211. The molecule has 0 saturated heterocycles. The molecule has 132 valence electrons. The molecule has 0 saturated carbocycles. The predicted octanol–water partition coefficient (Wildman–Crippen LogP) is 3.06. The lowest BCUT2D eigenvalue weighted by molar-refractivity contribution is -0.119. The monoisotopic (exact) mass is 346 g/mol. The van der Waals surface area contributed by atoms with Gasteiger partial charge in [0.25, 0.3) is 0 Å². The molecule has 0 bridgehead atoms. The Morgan fingerprint density at radius 3 is 2.36 bits per heavy atom. The first kappa shape index (κ1) is 18.6. The summed E-state index contributed by atoms with van der Waals surface area (Å²) in [6.07, 6.45) is 1.61. The van der Waals surface area contributed by atoms with Crippen LogP contribution in [0.1, 0.15) is 5.56 Å². The Bertz CT molecular complexity index is 727. The highest BCUT2D eigenvalue weighted by Crippen LogP contribution is 2.20. The lowest BCUT2D eigenvalue weighted by atomic mass is 10.0. The predicted molar refractivity (Wildman–Crippen MR) is 93.6 cm³/mol. The number of anilines is 1. The minimum atomic E-state index is -0.941. The number of amides is 1. The van der Waals surface area contributed by atoms with Gasteiger partial charge in [0.05, 0.1) is 13.2 Å². The van der Waals surface area contributed by atoms with Crippen molar-refractivity contribution in [3.05, 3.63) is 72.3 Å². The minimum absolute atomic E-state index is 0.0251. The van der Waals surface area contributed by atoms with E-state index in [9.17, 15) is 13.6 Å². The highest BCUT2D eigenvalue weighted by molar-refractivity contribution is 5.97. The summed E-state index contributed by atoms with van der Waals surface area (Å²) in [6.45, 7) is 3.91. The van der Waals surface area contributed by atoms with Crippen LogP contribution in [-0.2, 0) is 11.2 Å². The van der Waals surface area contributed by atoms with Gasteiger partial charge in [-0.1, -0.05) is 6.08 Å². The molecule has 2 aromatic rings. The molecule has 4 nitrogen and oxygen atoms in total. The quantitative estimate of drug-likeness (QED) is 0.784. The van der Waals surface area contributed by atoms with Gasteiger partial charge in [-0.25, -0.2) is 8.78 Å². The van der Waals surface area contributed by atoms with Crippen LogP contribution in [0.5, 0.6) is 5.75 Å². The molecule has 6 heteroatoms. The Kier molecular flexibility index (Phi) is 6.25. The molecule has 1 atom stereocenters. The molecule has 0 aliphatic rings. The zero-order valence-corrected chi connectivity index (χ0v) is 13.9. The van der Waals surface area contributed by atoms with Crippen molar-refractivity contribution in [3.8, 4) is 5.75 Å². The minimum Gasteiger partial charge on any atom is -0.497 e. The Hall–Kier alpha value is -2.73. The van der Waals surface area contributed by atoms with Crippen LogP contribution < -0.4 is 15.4 Å². The van der Waals surface area contributed by atoms with Crippen LogP contribution in [0.15, 0.2) is 55.1 Å². The van der Waals surface area contributed by atoms with Gasteiger partial charge in [-0.05, 0) is 48.4 Å². The van der Waals surface area contributed by atoms with E-state index >= 15 is 0 Å². The topological polar surface area (TPSA) is 55.6 Å². The molecule has 0 unspecified atom stereocenters. The molecule has 0 spiro atoms. The first-order valence-electron chi connectivity index (χ1n) is 7.71. The van der Waals surface area contributed by atoms with Crippen LogP contribution in [0, 0.1) is 11.6 Å². The van der Waals surface area contributed by atoms with E-state index in [1.807, 2.05) is 0 Å². The third-order valence-corrected chi connectivity index (χ3v) is 3.66. The van der Waals surface area contributed by atoms with Crippen LogP contribution in [-0.4, -0.2) is 25.6 Å².